The van der Waals surface area contributed by atoms with Gasteiger partial charge in [-0.1, -0.05) is 41.6 Å². The molecule has 6 heteroatoms. The lowest BCUT2D eigenvalue weighted by Gasteiger charge is -2.16. The molecule has 0 spiro atoms. The fourth-order valence-electron chi connectivity index (χ4n) is 2.58. The lowest BCUT2D eigenvalue weighted by molar-refractivity contribution is 0.870. The molecule has 3 rings (SSSR count). The number of rotatable bonds is 4. The first-order valence-electron chi connectivity index (χ1n) is 7.08. The SMILES string of the molecule is CN(C)c1nc(SCc2ccccc2Cl)nc2c1CCC2.Cl. The van der Waals surface area contributed by atoms with Crippen LogP contribution in [0.3, 0.4) is 0 Å². The summed E-state index contributed by atoms with van der Waals surface area (Å²) in [5.74, 6) is 1.87. The number of aryl methyl sites for hydroxylation is 1. The molecule has 0 fully saturated rings. The van der Waals surface area contributed by atoms with E-state index >= 15 is 0 Å². The minimum absolute atomic E-state index is 0. The number of thioether (sulfide) groups is 1. The number of hydrogen-bond acceptors (Lipinski definition) is 4. The summed E-state index contributed by atoms with van der Waals surface area (Å²) in [5.41, 5.74) is 3.66. The van der Waals surface area contributed by atoms with E-state index in [9.17, 15) is 0 Å². The van der Waals surface area contributed by atoms with Gasteiger partial charge in [0.15, 0.2) is 5.16 Å². The molecule has 0 saturated carbocycles. The maximum atomic E-state index is 6.20. The van der Waals surface area contributed by atoms with Crippen LogP contribution < -0.4 is 4.90 Å². The van der Waals surface area contributed by atoms with Gasteiger partial charge in [0.2, 0.25) is 0 Å². The van der Waals surface area contributed by atoms with Gasteiger partial charge in [0.1, 0.15) is 5.82 Å². The maximum Gasteiger partial charge on any atom is 0.190 e. The van der Waals surface area contributed by atoms with Crippen LogP contribution in [0.15, 0.2) is 29.4 Å². The molecular formula is C16H19Cl2N3S. The normalized spacial score (nSPS) is 12.7. The highest BCUT2D eigenvalue weighted by molar-refractivity contribution is 7.98. The topological polar surface area (TPSA) is 29.0 Å². The van der Waals surface area contributed by atoms with Gasteiger partial charge in [-0.25, -0.2) is 9.97 Å². The van der Waals surface area contributed by atoms with E-state index in [1.807, 2.05) is 32.3 Å². The molecule has 0 aliphatic heterocycles. The molecule has 1 aliphatic rings. The van der Waals surface area contributed by atoms with Crippen LogP contribution in [0.5, 0.6) is 0 Å². The second-order valence-corrected chi connectivity index (χ2v) is 6.73. The molecule has 1 aromatic heterocycles. The molecular weight excluding hydrogens is 337 g/mol. The fourth-order valence-corrected chi connectivity index (χ4v) is 3.73. The summed E-state index contributed by atoms with van der Waals surface area (Å²) in [6, 6.07) is 7.94. The first kappa shape index (κ1) is 17.4. The van der Waals surface area contributed by atoms with Crippen molar-refractivity contribution in [3.05, 3.63) is 46.1 Å². The van der Waals surface area contributed by atoms with Crippen molar-refractivity contribution in [3.63, 3.8) is 0 Å². The van der Waals surface area contributed by atoms with E-state index in [0.717, 1.165) is 40.2 Å². The van der Waals surface area contributed by atoms with Gasteiger partial charge in [0.05, 0.1) is 5.69 Å². The molecule has 22 heavy (non-hydrogen) atoms. The van der Waals surface area contributed by atoms with Gasteiger partial charge in [0, 0.05) is 30.4 Å². The molecule has 2 aromatic rings. The van der Waals surface area contributed by atoms with Crippen molar-refractivity contribution in [1.29, 1.82) is 0 Å². The van der Waals surface area contributed by atoms with Crippen LogP contribution in [0.2, 0.25) is 5.02 Å². The zero-order chi connectivity index (χ0) is 14.8. The zero-order valence-electron chi connectivity index (χ0n) is 12.7. The second-order valence-electron chi connectivity index (χ2n) is 5.38. The number of fused-ring (bicyclic) bond motifs is 1. The van der Waals surface area contributed by atoms with Crippen molar-refractivity contribution in [2.45, 2.75) is 30.2 Å². The summed E-state index contributed by atoms with van der Waals surface area (Å²) in [6.45, 7) is 0. The van der Waals surface area contributed by atoms with Crippen LogP contribution in [0.25, 0.3) is 0 Å². The highest BCUT2D eigenvalue weighted by Gasteiger charge is 2.20. The number of halogens is 2. The third kappa shape index (κ3) is 3.67. The van der Waals surface area contributed by atoms with Gasteiger partial charge in [-0.2, -0.15) is 0 Å². The molecule has 118 valence electrons. The van der Waals surface area contributed by atoms with Crippen LogP contribution in [-0.2, 0) is 18.6 Å². The van der Waals surface area contributed by atoms with Gasteiger partial charge >= 0.3 is 0 Å². The Hall–Kier alpha value is -0.970. The summed E-state index contributed by atoms with van der Waals surface area (Å²) < 4.78 is 0. The fraction of sp³-hybridized carbons (Fsp3) is 0.375. The molecule has 1 heterocycles. The molecule has 0 atom stereocenters. The van der Waals surface area contributed by atoms with Crippen LogP contribution in [0.4, 0.5) is 5.82 Å². The Morgan fingerprint density at radius 2 is 1.95 bits per heavy atom. The lowest BCUT2D eigenvalue weighted by Crippen LogP contribution is -2.14. The molecule has 0 bridgehead atoms. The standard InChI is InChI=1S/C16H18ClN3S.ClH/c1-20(2)15-12-7-5-9-14(12)18-16(19-15)21-10-11-6-3-4-8-13(11)17;/h3-4,6,8H,5,7,9-10H2,1-2H3;1H. The van der Waals surface area contributed by atoms with Crippen molar-refractivity contribution < 1.29 is 0 Å². The third-order valence-electron chi connectivity index (χ3n) is 3.63. The Morgan fingerprint density at radius 1 is 1.18 bits per heavy atom. The minimum Gasteiger partial charge on any atom is -0.362 e. The number of benzene rings is 1. The number of hydrogen-bond donors (Lipinski definition) is 0. The van der Waals surface area contributed by atoms with Crippen molar-refractivity contribution >= 4 is 41.6 Å². The highest BCUT2D eigenvalue weighted by atomic mass is 35.5. The molecule has 0 amide bonds. The summed E-state index contributed by atoms with van der Waals surface area (Å²) in [4.78, 5) is 11.5. The van der Waals surface area contributed by atoms with E-state index in [1.54, 1.807) is 11.8 Å². The Balaban J connectivity index is 0.00000176. The molecule has 3 nitrogen and oxygen atoms in total. The quantitative estimate of drug-likeness (QED) is 0.600. The average Bonchev–Trinajstić information content (AvgIpc) is 2.93. The number of anilines is 1. The van der Waals surface area contributed by atoms with Crippen molar-refractivity contribution in [2.24, 2.45) is 0 Å². The monoisotopic (exact) mass is 355 g/mol. The van der Waals surface area contributed by atoms with E-state index in [0.29, 0.717) is 0 Å². The van der Waals surface area contributed by atoms with Crippen LogP contribution in [0, 0.1) is 0 Å². The van der Waals surface area contributed by atoms with Crippen molar-refractivity contribution in [3.8, 4) is 0 Å². The first-order valence-corrected chi connectivity index (χ1v) is 8.45. The van der Waals surface area contributed by atoms with Crippen molar-refractivity contribution in [1.82, 2.24) is 9.97 Å². The summed E-state index contributed by atoms with van der Waals surface area (Å²) in [5, 5.41) is 1.65. The Labute approximate surface area is 146 Å². The summed E-state index contributed by atoms with van der Waals surface area (Å²) in [6.07, 6.45) is 3.35. The molecule has 0 unspecified atom stereocenters. The predicted molar refractivity (Wildman–Crippen MR) is 96.6 cm³/mol. The van der Waals surface area contributed by atoms with Gasteiger partial charge in [-0.05, 0) is 30.9 Å². The van der Waals surface area contributed by atoms with Gasteiger partial charge < -0.3 is 4.90 Å². The molecule has 1 aliphatic carbocycles. The zero-order valence-corrected chi connectivity index (χ0v) is 15.1. The van der Waals surface area contributed by atoms with Crippen LogP contribution in [0.1, 0.15) is 23.2 Å². The predicted octanol–water partition coefficient (Wildman–Crippen LogP) is 4.40. The van der Waals surface area contributed by atoms with Gasteiger partial charge in [0.25, 0.3) is 0 Å². The largest absolute Gasteiger partial charge is 0.362 e. The molecule has 1 aromatic carbocycles. The highest BCUT2D eigenvalue weighted by Crippen LogP contribution is 2.31. The van der Waals surface area contributed by atoms with Gasteiger partial charge in [-0.3, -0.25) is 0 Å². The summed E-state index contributed by atoms with van der Waals surface area (Å²) >= 11 is 7.86. The van der Waals surface area contributed by atoms with Gasteiger partial charge in [-0.15, -0.1) is 12.4 Å². The van der Waals surface area contributed by atoms with E-state index in [1.165, 1.54) is 17.7 Å². The Bertz CT molecular complexity index is 662. The summed E-state index contributed by atoms with van der Waals surface area (Å²) in [7, 11) is 4.09. The number of nitrogens with zero attached hydrogens (tertiary/aromatic N) is 3. The van der Waals surface area contributed by atoms with Crippen molar-refractivity contribution in [2.75, 3.05) is 19.0 Å². The average molecular weight is 356 g/mol. The molecule has 0 radical (unpaired) electrons. The van der Waals surface area contributed by atoms with E-state index < -0.39 is 0 Å². The Kier molecular flexibility index (Phi) is 5.95. The van der Waals surface area contributed by atoms with Crippen LogP contribution in [-0.4, -0.2) is 24.1 Å². The first-order chi connectivity index (χ1) is 10.1. The van der Waals surface area contributed by atoms with E-state index in [-0.39, 0.29) is 12.4 Å². The number of aromatic nitrogens is 2. The van der Waals surface area contributed by atoms with E-state index in [2.05, 4.69) is 11.0 Å². The van der Waals surface area contributed by atoms with Crippen LogP contribution >= 0.6 is 35.8 Å². The third-order valence-corrected chi connectivity index (χ3v) is 4.89. The lowest BCUT2D eigenvalue weighted by atomic mass is 10.2. The van der Waals surface area contributed by atoms with E-state index in [4.69, 9.17) is 21.6 Å². The maximum absolute atomic E-state index is 6.20. The molecule has 0 saturated heterocycles. The second kappa shape index (κ2) is 7.53. The smallest absolute Gasteiger partial charge is 0.190 e. The Morgan fingerprint density at radius 3 is 2.68 bits per heavy atom. The molecule has 0 N–H and O–H groups in total. The minimum atomic E-state index is 0.